The van der Waals surface area contributed by atoms with E-state index in [0.29, 0.717) is 0 Å². The van der Waals surface area contributed by atoms with Crippen LogP contribution in [0.2, 0.25) is 0 Å². The monoisotopic (exact) mass is 567 g/mol. The molecule has 0 radical (unpaired) electrons. The standard InChI is InChI=1S/C28H29N3O10/c1-2-40-28(27(37)38)41-16-15-39-17-22(32)29(11-13-30-23(33)18-7-3-4-8-19(18)24(30)34)12-14-31-25(35)20-9-5-6-10-21(20)26(31)36/h3-10,28H,2,11-17H2,1H3,(H,37,38). The zero-order chi connectivity index (χ0) is 29.5. The number of amides is 5. The highest BCUT2D eigenvalue weighted by atomic mass is 16.7. The SMILES string of the molecule is CCOC(OCCOCC(=O)N(CCN1C(=O)c2ccccc2C1=O)CCN1C(=O)c2ccccc2C1=O)C(=O)O. The molecular weight excluding hydrogens is 538 g/mol. The van der Waals surface area contributed by atoms with E-state index in [4.69, 9.17) is 19.3 Å². The van der Waals surface area contributed by atoms with Crippen LogP contribution in [-0.4, -0.2) is 114 Å². The minimum absolute atomic E-state index is 0.0707. The zero-order valence-corrected chi connectivity index (χ0v) is 22.3. The van der Waals surface area contributed by atoms with Gasteiger partial charge in [0.2, 0.25) is 5.91 Å². The molecule has 2 heterocycles. The van der Waals surface area contributed by atoms with E-state index in [9.17, 15) is 28.8 Å². The molecule has 0 aliphatic carbocycles. The maximum atomic E-state index is 13.1. The van der Waals surface area contributed by atoms with E-state index in [1.165, 1.54) is 4.90 Å². The Labute approximate surface area is 235 Å². The quantitative estimate of drug-likeness (QED) is 0.186. The molecule has 0 aromatic heterocycles. The second-order valence-electron chi connectivity index (χ2n) is 9.04. The van der Waals surface area contributed by atoms with Gasteiger partial charge in [0.05, 0.1) is 35.5 Å². The number of carbonyl (C=O) groups excluding carboxylic acids is 5. The predicted octanol–water partition coefficient (Wildman–Crippen LogP) is 0.888. The van der Waals surface area contributed by atoms with Crippen molar-refractivity contribution in [3.63, 3.8) is 0 Å². The van der Waals surface area contributed by atoms with E-state index < -0.39 is 48.4 Å². The zero-order valence-electron chi connectivity index (χ0n) is 22.3. The van der Waals surface area contributed by atoms with Gasteiger partial charge < -0.3 is 24.2 Å². The fraction of sp³-hybridized carbons (Fsp3) is 0.357. The maximum absolute atomic E-state index is 13.1. The molecule has 0 saturated heterocycles. The number of benzene rings is 2. The number of fused-ring (bicyclic) bond motifs is 2. The Kier molecular flexibility index (Phi) is 9.55. The smallest absolute Gasteiger partial charge is 0.361 e. The summed E-state index contributed by atoms with van der Waals surface area (Å²) in [5, 5.41) is 9.05. The van der Waals surface area contributed by atoms with Gasteiger partial charge in [0, 0.05) is 32.8 Å². The summed E-state index contributed by atoms with van der Waals surface area (Å²) in [5.41, 5.74) is 1.10. The van der Waals surface area contributed by atoms with E-state index >= 15 is 0 Å². The fourth-order valence-electron chi connectivity index (χ4n) is 4.49. The van der Waals surface area contributed by atoms with E-state index in [-0.39, 0.29) is 68.3 Å². The Morgan fingerprint density at radius 2 is 1.20 bits per heavy atom. The van der Waals surface area contributed by atoms with Crippen LogP contribution in [0.1, 0.15) is 48.4 Å². The van der Waals surface area contributed by atoms with Crippen LogP contribution in [0.5, 0.6) is 0 Å². The summed E-state index contributed by atoms with van der Waals surface area (Å²) in [6.45, 7) is 0.674. The number of imide groups is 2. The molecule has 13 heteroatoms. The Morgan fingerprint density at radius 3 is 1.59 bits per heavy atom. The lowest BCUT2D eigenvalue weighted by molar-refractivity contribution is -0.191. The van der Waals surface area contributed by atoms with Gasteiger partial charge >= 0.3 is 5.97 Å². The molecule has 13 nitrogen and oxygen atoms in total. The third-order valence-corrected chi connectivity index (χ3v) is 6.54. The van der Waals surface area contributed by atoms with Crippen molar-refractivity contribution in [1.29, 1.82) is 0 Å². The number of carboxylic acids is 1. The number of carbonyl (C=O) groups is 6. The van der Waals surface area contributed by atoms with Crippen molar-refractivity contribution >= 4 is 35.5 Å². The van der Waals surface area contributed by atoms with E-state index in [2.05, 4.69) is 0 Å². The van der Waals surface area contributed by atoms with Gasteiger partial charge in [0.25, 0.3) is 29.9 Å². The van der Waals surface area contributed by atoms with Gasteiger partial charge in [-0.1, -0.05) is 24.3 Å². The Bertz CT molecular complexity index is 1210. The summed E-state index contributed by atoms with van der Waals surface area (Å²) >= 11 is 0. The highest BCUT2D eigenvalue weighted by molar-refractivity contribution is 6.22. The number of rotatable bonds is 15. The predicted molar refractivity (Wildman–Crippen MR) is 140 cm³/mol. The van der Waals surface area contributed by atoms with Crippen LogP contribution in [0.15, 0.2) is 48.5 Å². The minimum Gasteiger partial charge on any atom is -0.477 e. The van der Waals surface area contributed by atoms with Crippen molar-refractivity contribution in [2.75, 3.05) is 52.6 Å². The topological polar surface area (TPSA) is 160 Å². The first-order valence-electron chi connectivity index (χ1n) is 13.0. The Hall–Kier alpha value is -4.46. The summed E-state index contributed by atoms with van der Waals surface area (Å²) in [7, 11) is 0. The second-order valence-corrected chi connectivity index (χ2v) is 9.04. The van der Waals surface area contributed by atoms with Crippen LogP contribution >= 0.6 is 0 Å². The minimum atomic E-state index is -1.46. The lowest BCUT2D eigenvalue weighted by atomic mass is 10.1. The molecular formula is C28H29N3O10. The summed E-state index contributed by atoms with van der Waals surface area (Å²) in [4.78, 5) is 78.7. The normalized spacial score (nSPS) is 14.9. The number of ether oxygens (including phenoxy) is 3. The van der Waals surface area contributed by atoms with Crippen LogP contribution in [0.25, 0.3) is 0 Å². The lowest BCUT2D eigenvalue weighted by Crippen LogP contribution is -2.46. The van der Waals surface area contributed by atoms with Gasteiger partial charge in [-0.15, -0.1) is 0 Å². The fourth-order valence-corrected chi connectivity index (χ4v) is 4.49. The first kappa shape index (κ1) is 29.5. The van der Waals surface area contributed by atoms with Crippen molar-refractivity contribution in [2.45, 2.75) is 13.2 Å². The van der Waals surface area contributed by atoms with E-state index in [1.807, 2.05) is 0 Å². The molecule has 0 spiro atoms. The largest absolute Gasteiger partial charge is 0.477 e. The molecule has 41 heavy (non-hydrogen) atoms. The summed E-state index contributed by atoms with van der Waals surface area (Å²) < 4.78 is 15.4. The molecule has 2 aliphatic heterocycles. The second kappa shape index (κ2) is 13.3. The molecule has 2 aromatic rings. The van der Waals surface area contributed by atoms with Crippen molar-refractivity contribution in [3.05, 3.63) is 70.8 Å². The van der Waals surface area contributed by atoms with Crippen LogP contribution in [-0.2, 0) is 23.8 Å². The summed E-state index contributed by atoms with van der Waals surface area (Å²) in [5.74, 6) is -3.74. The molecule has 4 rings (SSSR count). The van der Waals surface area contributed by atoms with Gasteiger partial charge in [0.15, 0.2) is 0 Å². The van der Waals surface area contributed by atoms with Gasteiger partial charge in [-0.2, -0.15) is 0 Å². The highest BCUT2D eigenvalue weighted by Crippen LogP contribution is 2.23. The average molecular weight is 568 g/mol. The average Bonchev–Trinajstić information content (AvgIpc) is 3.36. The summed E-state index contributed by atoms with van der Waals surface area (Å²) in [6, 6.07) is 12.8. The van der Waals surface area contributed by atoms with Crippen molar-refractivity contribution < 1.29 is 48.1 Å². The number of carboxylic acid groups (broad SMARTS) is 1. The van der Waals surface area contributed by atoms with Crippen LogP contribution in [0.4, 0.5) is 0 Å². The van der Waals surface area contributed by atoms with Gasteiger partial charge in [-0.25, -0.2) is 4.79 Å². The molecule has 1 atom stereocenters. The third-order valence-electron chi connectivity index (χ3n) is 6.54. The first-order chi connectivity index (χ1) is 19.7. The lowest BCUT2D eigenvalue weighted by Gasteiger charge is -2.27. The molecule has 0 saturated carbocycles. The van der Waals surface area contributed by atoms with Crippen molar-refractivity contribution in [1.82, 2.24) is 14.7 Å². The molecule has 1 N–H and O–H groups in total. The van der Waals surface area contributed by atoms with E-state index in [0.717, 1.165) is 9.80 Å². The number of nitrogens with zero attached hydrogens (tertiary/aromatic N) is 3. The number of hydrogen-bond acceptors (Lipinski definition) is 9. The van der Waals surface area contributed by atoms with Crippen LogP contribution in [0.3, 0.4) is 0 Å². The molecule has 1 unspecified atom stereocenters. The maximum Gasteiger partial charge on any atom is 0.361 e. The third kappa shape index (κ3) is 6.48. The Balaban J connectivity index is 1.37. The number of hydrogen-bond donors (Lipinski definition) is 1. The van der Waals surface area contributed by atoms with Gasteiger partial charge in [-0.3, -0.25) is 33.8 Å². The van der Waals surface area contributed by atoms with Crippen LogP contribution < -0.4 is 0 Å². The van der Waals surface area contributed by atoms with Crippen molar-refractivity contribution in [2.24, 2.45) is 0 Å². The molecule has 0 bridgehead atoms. The Morgan fingerprint density at radius 1 is 0.756 bits per heavy atom. The number of aliphatic carboxylic acids is 1. The molecule has 216 valence electrons. The first-order valence-corrected chi connectivity index (χ1v) is 13.0. The molecule has 5 amide bonds. The van der Waals surface area contributed by atoms with Gasteiger partial charge in [0.1, 0.15) is 6.61 Å². The molecule has 2 aliphatic rings. The van der Waals surface area contributed by atoms with Crippen LogP contribution in [0, 0.1) is 0 Å². The highest BCUT2D eigenvalue weighted by Gasteiger charge is 2.37. The van der Waals surface area contributed by atoms with E-state index in [1.54, 1.807) is 55.5 Å². The molecule has 0 fully saturated rings. The van der Waals surface area contributed by atoms with Gasteiger partial charge in [-0.05, 0) is 31.2 Å². The summed E-state index contributed by atoms with van der Waals surface area (Å²) in [6.07, 6.45) is -1.46. The molecule has 2 aromatic carbocycles. The van der Waals surface area contributed by atoms with Crippen molar-refractivity contribution in [3.8, 4) is 0 Å².